The van der Waals surface area contributed by atoms with Gasteiger partial charge in [0, 0.05) is 6.20 Å². The number of aryl methyl sites for hydroxylation is 1. The molecule has 0 aliphatic heterocycles. The summed E-state index contributed by atoms with van der Waals surface area (Å²) in [6.07, 6.45) is 3.34. The van der Waals surface area contributed by atoms with Crippen molar-refractivity contribution < 1.29 is 4.74 Å². The van der Waals surface area contributed by atoms with Crippen molar-refractivity contribution in [3.05, 3.63) is 53.3 Å². The number of aromatic nitrogens is 2. The highest BCUT2D eigenvalue weighted by Gasteiger charge is 2.12. The molecular weight excluding hydrogens is 214 g/mol. The first-order chi connectivity index (χ1) is 8.22. The number of hydrogen-bond acceptors (Lipinski definition) is 4. The lowest BCUT2D eigenvalue weighted by molar-refractivity contribution is 0.414. The maximum atomic E-state index is 6.20. The van der Waals surface area contributed by atoms with Gasteiger partial charge in [0.05, 0.1) is 19.3 Å². The molecule has 4 nitrogen and oxygen atoms in total. The van der Waals surface area contributed by atoms with Crippen molar-refractivity contribution in [3.8, 4) is 5.75 Å². The zero-order valence-electron chi connectivity index (χ0n) is 9.92. The van der Waals surface area contributed by atoms with Gasteiger partial charge in [-0.1, -0.05) is 6.07 Å². The van der Waals surface area contributed by atoms with Crippen LogP contribution in [-0.4, -0.2) is 17.3 Å². The molecule has 1 atom stereocenters. The lowest BCUT2D eigenvalue weighted by Crippen LogP contribution is -2.13. The van der Waals surface area contributed by atoms with Crippen LogP contribution in [0.3, 0.4) is 0 Å². The fourth-order valence-electron chi connectivity index (χ4n) is 1.79. The molecule has 0 fully saturated rings. The molecule has 0 saturated heterocycles. The van der Waals surface area contributed by atoms with Crippen LogP contribution < -0.4 is 10.5 Å². The Hall–Kier alpha value is -1.94. The van der Waals surface area contributed by atoms with Crippen molar-refractivity contribution in [2.75, 3.05) is 7.11 Å². The van der Waals surface area contributed by atoms with E-state index in [1.807, 2.05) is 31.2 Å². The fourth-order valence-corrected chi connectivity index (χ4v) is 1.79. The van der Waals surface area contributed by atoms with Gasteiger partial charge in [-0.15, -0.1) is 0 Å². The Balaban J connectivity index is 2.34. The van der Waals surface area contributed by atoms with Crippen LogP contribution in [0, 0.1) is 6.92 Å². The molecule has 0 bridgehead atoms. The number of methoxy groups -OCH3 is 1. The van der Waals surface area contributed by atoms with Crippen molar-refractivity contribution in [2.45, 2.75) is 13.0 Å². The molecule has 1 heterocycles. The minimum Gasteiger partial charge on any atom is -0.497 e. The monoisotopic (exact) mass is 229 g/mol. The topological polar surface area (TPSA) is 61.0 Å². The first-order valence-electron chi connectivity index (χ1n) is 5.39. The number of benzene rings is 1. The molecule has 1 unspecified atom stereocenters. The van der Waals surface area contributed by atoms with E-state index in [0.29, 0.717) is 0 Å². The quantitative estimate of drug-likeness (QED) is 0.872. The Labute approximate surface area is 100 Å². The molecule has 0 radical (unpaired) electrons. The lowest BCUT2D eigenvalue weighted by Gasteiger charge is -2.15. The first kappa shape index (κ1) is 11.5. The molecule has 1 aromatic carbocycles. The molecule has 1 aromatic heterocycles. The van der Waals surface area contributed by atoms with Gasteiger partial charge in [0.1, 0.15) is 5.75 Å². The van der Waals surface area contributed by atoms with Gasteiger partial charge >= 0.3 is 0 Å². The van der Waals surface area contributed by atoms with Gasteiger partial charge in [0.15, 0.2) is 0 Å². The van der Waals surface area contributed by atoms with Crippen LogP contribution in [0.1, 0.15) is 22.7 Å². The largest absolute Gasteiger partial charge is 0.497 e. The summed E-state index contributed by atoms with van der Waals surface area (Å²) in [5.74, 6) is 0.839. The van der Waals surface area contributed by atoms with E-state index in [-0.39, 0.29) is 6.04 Å². The Morgan fingerprint density at radius 2 is 2.06 bits per heavy atom. The minimum absolute atomic E-state index is 0.184. The molecule has 2 N–H and O–H groups in total. The Kier molecular flexibility index (Phi) is 3.35. The van der Waals surface area contributed by atoms with Gasteiger partial charge in [0.25, 0.3) is 0 Å². The normalized spacial score (nSPS) is 12.2. The third kappa shape index (κ3) is 2.42. The molecule has 0 aliphatic carbocycles. The molecular formula is C13H15N3O. The Bertz CT molecular complexity index is 499. The van der Waals surface area contributed by atoms with Gasteiger partial charge in [0.2, 0.25) is 0 Å². The van der Waals surface area contributed by atoms with E-state index >= 15 is 0 Å². The minimum atomic E-state index is -0.184. The molecule has 4 heteroatoms. The second-order valence-corrected chi connectivity index (χ2v) is 3.88. The second kappa shape index (κ2) is 4.93. The summed E-state index contributed by atoms with van der Waals surface area (Å²) in [6, 6.07) is 7.57. The highest BCUT2D eigenvalue weighted by molar-refractivity contribution is 5.40. The number of rotatable bonds is 3. The van der Waals surface area contributed by atoms with E-state index in [9.17, 15) is 0 Å². The van der Waals surface area contributed by atoms with E-state index in [2.05, 4.69) is 10.2 Å². The van der Waals surface area contributed by atoms with Gasteiger partial charge in [-0.2, -0.15) is 10.2 Å². The van der Waals surface area contributed by atoms with Gasteiger partial charge in [-0.3, -0.25) is 0 Å². The lowest BCUT2D eigenvalue weighted by atomic mass is 9.97. The summed E-state index contributed by atoms with van der Waals surface area (Å²) in [6.45, 7) is 2.02. The summed E-state index contributed by atoms with van der Waals surface area (Å²) in [7, 11) is 1.65. The third-order valence-corrected chi connectivity index (χ3v) is 2.78. The molecule has 88 valence electrons. The van der Waals surface area contributed by atoms with Crippen molar-refractivity contribution in [1.29, 1.82) is 0 Å². The fraction of sp³-hybridized carbons (Fsp3) is 0.231. The number of hydrogen-bond donors (Lipinski definition) is 1. The average molecular weight is 229 g/mol. The summed E-state index contributed by atoms with van der Waals surface area (Å²) >= 11 is 0. The van der Waals surface area contributed by atoms with Crippen molar-refractivity contribution in [3.63, 3.8) is 0 Å². The average Bonchev–Trinajstić information content (AvgIpc) is 2.39. The Morgan fingerprint density at radius 1 is 1.24 bits per heavy atom. The number of ether oxygens (including phenoxy) is 1. The predicted octanol–water partition coefficient (Wildman–Crippen LogP) is 1.84. The van der Waals surface area contributed by atoms with Gasteiger partial charge < -0.3 is 10.5 Å². The zero-order chi connectivity index (χ0) is 12.3. The van der Waals surface area contributed by atoms with E-state index < -0.39 is 0 Å². The summed E-state index contributed by atoms with van der Waals surface area (Å²) in [5, 5.41) is 7.59. The summed E-state index contributed by atoms with van der Waals surface area (Å²) in [5.41, 5.74) is 9.33. The van der Waals surface area contributed by atoms with E-state index in [0.717, 1.165) is 22.4 Å². The standard InChI is InChI=1S/C13H15N3O/c1-9-7-11(17-2)3-4-12(9)13(14)10-5-6-15-16-8-10/h3-8,13H,14H2,1-2H3. The molecule has 2 aromatic rings. The number of nitrogens with two attached hydrogens (primary N) is 1. The highest BCUT2D eigenvalue weighted by atomic mass is 16.5. The molecule has 0 amide bonds. The maximum absolute atomic E-state index is 6.20. The third-order valence-electron chi connectivity index (χ3n) is 2.78. The van der Waals surface area contributed by atoms with Crippen molar-refractivity contribution >= 4 is 0 Å². The molecule has 0 saturated carbocycles. The molecule has 17 heavy (non-hydrogen) atoms. The zero-order valence-corrected chi connectivity index (χ0v) is 9.92. The Morgan fingerprint density at radius 3 is 2.65 bits per heavy atom. The highest BCUT2D eigenvalue weighted by Crippen LogP contribution is 2.25. The van der Waals surface area contributed by atoms with Gasteiger partial charge in [-0.05, 0) is 41.8 Å². The van der Waals surface area contributed by atoms with Crippen LogP contribution in [0.4, 0.5) is 0 Å². The summed E-state index contributed by atoms with van der Waals surface area (Å²) < 4.78 is 5.17. The van der Waals surface area contributed by atoms with Crippen LogP contribution in [0.25, 0.3) is 0 Å². The maximum Gasteiger partial charge on any atom is 0.119 e. The molecule has 2 rings (SSSR count). The van der Waals surface area contributed by atoms with E-state index in [4.69, 9.17) is 10.5 Å². The van der Waals surface area contributed by atoms with Crippen LogP contribution >= 0.6 is 0 Å². The van der Waals surface area contributed by atoms with Crippen LogP contribution in [-0.2, 0) is 0 Å². The van der Waals surface area contributed by atoms with E-state index in [1.54, 1.807) is 19.5 Å². The van der Waals surface area contributed by atoms with Crippen LogP contribution in [0.5, 0.6) is 5.75 Å². The predicted molar refractivity (Wildman–Crippen MR) is 65.8 cm³/mol. The molecule has 0 aliphatic rings. The first-order valence-corrected chi connectivity index (χ1v) is 5.39. The van der Waals surface area contributed by atoms with Crippen LogP contribution in [0.15, 0.2) is 36.7 Å². The molecule has 0 spiro atoms. The van der Waals surface area contributed by atoms with Crippen molar-refractivity contribution in [1.82, 2.24) is 10.2 Å². The summed E-state index contributed by atoms with van der Waals surface area (Å²) in [4.78, 5) is 0. The van der Waals surface area contributed by atoms with Crippen molar-refractivity contribution in [2.24, 2.45) is 5.73 Å². The number of nitrogens with zero attached hydrogens (tertiary/aromatic N) is 2. The smallest absolute Gasteiger partial charge is 0.119 e. The SMILES string of the molecule is COc1ccc(C(N)c2ccnnc2)c(C)c1. The second-order valence-electron chi connectivity index (χ2n) is 3.88. The van der Waals surface area contributed by atoms with E-state index in [1.165, 1.54) is 0 Å². The van der Waals surface area contributed by atoms with Gasteiger partial charge in [-0.25, -0.2) is 0 Å². The van der Waals surface area contributed by atoms with Crippen LogP contribution in [0.2, 0.25) is 0 Å².